The molecule has 0 aliphatic carbocycles. The molecule has 0 saturated carbocycles. The van der Waals surface area contributed by atoms with Gasteiger partial charge in [0.05, 0.1) is 12.7 Å². The summed E-state index contributed by atoms with van der Waals surface area (Å²) in [6.07, 6.45) is -0.256. The fraction of sp³-hybridized carbons (Fsp3) is 1.00. The molecule has 0 aromatic carbocycles. The van der Waals surface area contributed by atoms with Crippen LogP contribution in [-0.2, 0) is 4.74 Å². The molecule has 0 aliphatic rings. The number of hydrogen-bond acceptors (Lipinski definition) is 5. The third-order valence-electron chi connectivity index (χ3n) is 2.62. The molecule has 0 saturated heterocycles. The maximum absolute atomic E-state index is 9.69. The van der Waals surface area contributed by atoms with Crippen molar-refractivity contribution in [2.24, 2.45) is 0 Å². The first-order chi connectivity index (χ1) is 8.24. The summed E-state index contributed by atoms with van der Waals surface area (Å²) in [4.78, 5) is 2.40. The number of rotatable bonds is 12. The van der Waals surface area contributed by atoms with Gasteiger partial charge >= 0.3 is 0 Å². The van der Waals surface area contributed by atoms with Gasteiger partial charge in [0.1, 0.15) is 0 Å². The number of nitrogens with one attached hydrogen (secondary N) is 1. The lowest BCUT2D eigenvalue weighted by atomic mass is 10.4. The molecule has 0 amide bonds. The van der Waals surface area contributed by atoms with Crippen LogP contribution >= 0.6 is 11.8 Å². The molecule has 17 heavy (non-hydrogen) atoms. The van der Waals surface area contributed by atoms with Crippen molar-refractivity contribution in [3.8, 4) is 0 Å². The summed E-state index contributed by atoms with van der Waals surface area (Å²) in [5, 5.41) is 12.8. The van der Waals surface area contributed by atoms with E-state index in [0.29, 0.717) is 13.2 Å². The first kappa shape index (κ1) is 17.2. The van der Waals surface area contributed by atoms with Crippen LogP contribution in [0.3, 0.4) is 0 Å². The zero-order valence-electron chi connectivity index (χ0n) is 11.4. The second kappa shape index (κ2) is 12.6. The van der Waals surface area contributed by atoms with Crippen molar-refractivity contribution >= 4 is 11.8 Å². The number of thioether (sulfide) groups is 1. The van der Waals surface area contributed by atoms with Crippen LogP contribution in [0.5, 0.6) is 0 Å². The molecular formula is C12H28N2O2S. The summed E-state index contributed by atoms with van der Waals surface area (Å²) in [5.74, 6) is 1.90. The van der Waals surface area contributed by atoms with Crippen molar-refractivity contribution < 1.29 is 9.84 Å². The minimum atomic E-state index is -0.256. The minimum Gasteiger partial charge on any atom is -0.391 e. The molecule has 1 unspecified atom stereocenters. The predicted octanol–water partition coefficient (Wildman–Crippen LogP) is 0.658. The Hall–Kier alpha value is 0.190. The van der Waals surface area contributed by atoms with Crippen LogP contribution in [-0.4, -0.2) is 74.1 Å². The lowest BCUT2D eigenvalue weighted by molar-refractivity contribution is 0.175. The topological polar surface area (TPSA) is 44.7 Å². The van der Waals surface area contributed by atoms with E-state index in [4.69, 9.17) is 4.74 Å². The molecule has 2 N–H and O–H groups in total. The second-order valence-electron chi connectivity index (χ2n) is 3.95. The van der Waals surface area contributed by atoms with Gasteiger partial charge in [-0.05, 0) is 13.1 Å². The van der Waals surface area contributed by atoms with E-state index in [9.17, 15) is 5.11 Å². The van der Waals surface area contributed by atoms with Crippen molar-refractivity contribution in [2.45, 2.75) is 20.0 Å². The number of nitrogens with zero attached hydrogens (tertiary/aromatic N) is 1. The SMILES string of the molecule is CCN(CC)CCSCC(O)CNCCOC. The molecule has 0 aromatic heterocycles. The van der Waals surface area contributed by atoms with E-state index in [0.717, 1.165) is 37.7 Å². The Morgan fingerprint density at radius 1 is 1.35 bits per heavy atom. The van der Waals surface area contributed by atoms with Gasteiger partial charge in [-0.2, -0.15) is 11.8 Å². The Kier molecular flexibility index (Phi) is 12.8. The average molecular weight is 264 g/mol. The number of methoxy groups -OCH3 is 1. The summed E-state index contributed by atoms with van der Waals surface area (Å²) < 4.78 is 4.92. The summed E-state index contributed by atoms with van der Waals surface area (Å²) in [6.45, 7) is 9.85. The van der Waals surface area contributed by atoms with Gasteiger partial charge in [-0.3, -0.25) is 0 Å². The molecule has 0 rings (SSSR count). The van der Waals surface area contributed by atoms with Crippen molar-refractivity contribution in [1.29, 1.82) is 0 Å². The van der Waals surface area contributed by atoms with Gasteiger partial charge in [-0.25, -0.2) is 0 Å². The van der Waals surface area contributed by atoms with Crippen LogP contribution in [0.1, 0.15) is 13.8 Å². The standard InChI is InChI=1S/C12H28N2O2S/c1-4-14(5-2)7-9-17-11-12(15)10-13-6-8-16-3/h12-13,15H,4-11H2,1-3H3. The molecule has 104 valence electrons. The Morgan fingerprint density at radius 2 is 2.06 bits per heavy atom. The Labute approximate surface area is 110 Å². The molecule has 0 bridgehead atoms. The molecule has 5 heteroatoms. The Morgan fingerprint density at radius 3 is 2.65 bits per heavy atom. The van der Waals surface area contributed by atoms with Gasteiger partial charge in [0.15, 0.2) is 0 Å². The Bertz CT molecular complexity index is 157. The van der Waals surface area contributed by atoms with E-state index in [1.54, 1.807) is 7.11 Å². The molecule has 0 aliphatic heterocycles. The lowest BCUT2D eigenvalue weighted by Gasteiger charge is -2.18. The number of ether oxygens (including phenoxy) is 1. The zero-order chi connectivity index (χ0) is 12.9. The summed E-state index contributed by atoms with van der Waals surface area (Å²) >= 11 is 1.82. The van der Waals surface area contributed by atoms with Gasteiger partial charge in [0.2, 0.25) is 0 Å². The summed E-state index contributed by atoms with van der Waals surface area (Å²) in [5.41, 5.74) is 0. The molecule has 0 fully saturated rings. The highest BCUT2D eigenvalue weighted by molar-refractivity contribution is 7.99. The third kappa shape index (κ3) is 11.0. The van der Waals surface area contributed by atoms with Crippen molar-refractivity contribution in [3.05, 3.63) is 0 Å². The van der Waals surface area contributed by atoms with Crippen LogP contribution in [0.25, 0.3) is 0 Å². The van der Waals surface area contributed by atoms with Crippen molar-refractivity contribution in [3.63, 3.8) is 0 Å². The quantitative estimate of drug-likeness (QED) is 0.507. The molecular weight excluding hydrogens is 236 g/mol. The van der Waals surface area contributed by atoms with E-state index in [2.05, 4.69) is 24.1 Å². The zero-order valence-corrected chi connectivity index (χ0v) is 12.3. The van der Waals surface area contributed by atoms with Crippen LogP contribution in [0.4, 0.5) is 0 Å². The fourth-order valence-corrected chi connectivity index (χ4v) is 2.40. The number of hydrogen-bond donors (Lipinski definition) is 2. The van der Waals surface area contributed by atoms with Gasteiger partial charge in [0, 0.05) is 38.2 Å². The normalized spacial score (nSPS) is 13.2. The largest absolute Gasteiger partial charge is 0.391 e. The second-order valence-corrected chi connectivity index (χ2v) is 5.10. The molecule has 1 atom stereocenters. The predicted molar refractivity (Wildman–Crippen MR) is 75.9 cm³/mol. The van der Waals surface area contributed by atoms with E-state index >= 15 is 0 Å². The number of aliphatic hydroxyl groups excluding tert-OH is 1. The minimum absolute atomic E-state index is 0.256. The van der Waals surface area contributed by atoms with Gasteiger partial charge in [-0.15, -0.1) is 0 Å². The van der Waals surface area contributed by atoms with Crippen molar-refractivity contribution in [2.75, 3.05) is 57.9 Å². The van der Waals surface area contributed by atoms with Crippen LogP contribution in [0, 0.1) is 0 Å². The maximum atomic E-state index is 9.69. The Balaban J connectivity index is 3.29. The number of aliphatic hydroxyl groups is 1. The highest BCUT2D eigenvalue weighted by atomic mass is 32.2. The molecule has 0 aromatic rings. The first-order valence-electron chi connectivity index (χ1n) is 6.42. The molecule has 0 heterocycles. The first-order valence-corrected chi connectivity index (χ1v) is 7.57. The van der Waals surface area contributed by atoms with Crippen LogP contribution in [0.2, 0.25) is 0 Å². The molecule has 0 radical (unpaired) electrons. The van der Waals surface area contributed by atoms with Gasteiger partial charge in [-0.1, -0.05) is 13.8 Å². The van der Waals surface area contributed by atoms with E-state index in [-0.39, 0.29) is 6.10 Å². The van der Waals surface area contributed by atoms with Crippen molar-refractivity contribution in [1.82, 2.24) is 10.2 Å². The van der Waals surface area contributed by atoms with Gasteiger partial charge in [0.25, 0.3) is 0 Å². The lowest BCUT2D eigenvalue weighted by Crippen LogP contribution is -2.31. The highest BCUT2D eigenvalue weighted by Crippen LogP contribution is 2.03. The average Bonchev–Trinajstić information content (AvgIpc) is 2.35. The van der Waals surface area contributed by atoms with Crippen LogP contribution < -0.4 is 5.32 Å². The van der Waals surface area contributed by atoms with Gasteiger partial charge < -0.3 is 20.1 Å². The van der Waals surface area contributed by atoms with E-state index in [1.165, 1.54) is 0 Å². The fourth-order valence-electron chi connectivity index (χ4n) is 1.45. The molecule has 0 spiro atoms. The summed E-state index contributed by atoms with van der Waals surface area (Å²) in [6, 6.07) is 0. The summed E-state index contributed by atoms with van der Waals surface area (Å²) in [7, 11) is 1.68. The molecule has 4 nitrogen and oxygen atoms in total. The van der Waals surface area contributed by atoms with Crippen LogP contribution in [0.15, 0.2) is 0 Å². The highest BCUT2D eigenvalue weighted by Gasteiger charge is 2.04. The van der Waals surface area contributed by atoms with E-state index in [1.807, 2.05) is 11.8 Å². The monoisotopic (exact) mass is 264 g/mol. The smallest absolute Gasteiger partial charge is 0.0754 e. The van der Waals surface area contributed by atoms with E-state index < -0.39 is 0 Å². The maximum Gasteiger partial charge on any atom is 0.0754 e. The third-order valence-corrected chi connectivity index (χ3v) is 3.71.